The molecule has 4 aliphatic carbocycles. The highest BCUT2D eigenvalue weighted by atomic mass is 32.3. The predicted octanol–water partition coefficient (Wildman–Crippen LogP) is 3.15. The van der Waals surface area contributed by atoms with E-state index in [0.717, 1.165) is 12.8 Å². The Kier molecular flexibility index (Phi) is 6.80. The van der Waals surface area contributed by atoms with Crippen LogP contribution in [0.1, 0.15) is 66.2 Å². The first-order valence-electron chi connectivity index (χ1n) is 10.7. The van der Waals surface area contributed by atoms with Crippen molar-refractivity contribution in [3.8, 4) is 0 Å². The van der Waals surface area contributed by atoms with Gasteiger partial charge in [-0.05, 0) is 74.2 Å². The van der Waals surface area contributed by atoms with Gasteiger partial charge in [0.1, 0.15) is 11.6 Å². The average Bonchev–Trinajstić information content (AvgIpc) is 3.21. The zero-order chi connectivity index (χ0) is 24.4. The van der Waals surface area contributed by atoms with E-state index in [2.05, 4.69) is 33.1 Å². The van der Waals surface area contributed by atoms with E-state index >= 15 is 0 Å². The van der Waals surface area contributed by atoms with Crippen LogP contribution in [0.3, 0.4) is 0 Å². The largest absolute Gasteiger partial charge is 0.299 e. The Balaban J connectivity index is 0.000000181. The quantitative estimate of drug-likeness (QED) is 0.398. The number of thiol groups is 2. The number of hydrogen-bond acceptors (Lipinski definition) is 10. The molecule has 0 N–H and O–H groups in total. The molecule has 4 unspecified atom stereocenters. The van der Waals surface area contributed by atoms with Gasteiger partial charge in [-0.1, -0.05) is 27.7 Å². The zero-order valence-corrected chi connectivity index (χ0v) is 22.2. The lowest BCUT2D eigenvalue weighted by atomic mass is 9.70. The van der Waals surface area contributed by atoms with E-state index in [4.69, 9.17) is 0 Å². The molecule has 184 valence electrons. The molecule has 0 aliphatic heterocycles. The van der Waals surface area contributed by atoms with Crippen molar-refractivity contribution in [2.24, 2.45) is 33.5 Å². The van der Waals surface area contributed by atoms with Gasteiger partial charge < -0.3 is 0 Å². The molecular weight excluding hydrogens is 496 g/mol. The van der Waals surface area contributed by atoms with Gasteiger partial charge >= 0.3 is 0 Å². The molecule has 0 spiro atoms. The standard InChI is InChI=1S/2C10H16O4S2/c2*1-9(2)7-3-4-10(9,8(11)5-7)6-16(12,13)14-15/h2*7,15H,3-6H2,1-2H3. The van der Waals surface area contributed by atoms with Gasteiger partial charge in [-0.2, -0.15) is 16.8 Å². The molecule has 12 heteroatoms. The SMILES string of the molecule is CC1(C)C2CCC1(CS(=O)(=O)OS)C(=O)C2.CC1(C)C2CCC1(CS(=O)(=O)OS)C(=O)C2. The Morgan fingerprint density at radius 1 is 0.750 bits per heavy atom. The van der Waals surface area contributed by atoms with Crippen molar-refractivity contribution in [2.45, 2.75) is 66.2 Å². The van der Waals surface area contributed by atoms with Crippen LogP contribution >= 0.6 is 25.8 Å². The fourth-order valence-electron chi connectivity index (χ4n) is 6.87. The third-order valence-electron chi connectivity index (χ3n) is 9.35. The number of rotatable bonds is 6. The minimum Gasteiger partial charge on any atom is -0.299 e. The maximum absolute atomic E-state index is 12.0. The molecule has 4 atom stereocenters. The van der Waals surface area contributed by atoms with Crippen molar-refractivity contribution in [3.63, 3.8) is 0 Å². The van der Waals surface area contributed by atoms with Gasteiger partial charge in [0.05, 0.1) is 22.3 Å². The van der Waals surface area contributed by atoms with Gasteiger partial charge in [0.15, 0.2) is 0 Å². The molecule has 4 bridgehead atoms. The highest BCUT2D eigenvalue weighted by Crippen LogP contribution is 2.65. The number of ketones is 2. The third kappa shape index (κ3) is 3.90. The van der Waals surface area contributed by atoms with Crippen LogP contribution in [0, 0.1) is 33.5 Å². The average molecular weight is 529 g/mol. The monoisotopic (exact) mass is 528 g/mol. The maximum atomic E-state index is 12.0. The minimum atomic E-state index is -3.71. The fraction of sp³-hybridized carbons (Fsp3) is 0.900. The highest BCUT2D eigenvalue weighted by molar-refractivity contribution is 7.96. The molecule has 0 amide bonds. The summed E-state index contributed by atoms with van der Waals surface area (Å²) in [5.41, 5.74) is -1.99. The lowest BCUT2D eigenvalue weighted by Gasteiger charge is -2.35. The molecule has 0 heterocycles. The molecule has 32 heavy (non-hydrogen) atoms. The normalized spacial score (nSPS) is 36.9. The Morgan fingerprint density at radius 3 is 1.25 bits per heavy atom. The van der Waals surface area contributed by atoms with Crippen LogP contribution in [-0.2, 0) is 37.1 Å². The Bertz CT molecular complexity index is 934. The van der Waals surface area contributed by atoms with Crippen LogP contribution in [0.5, 0.6) is 0 Å². The number of fused-ring (bicyclic) bond motifs is 4. The van der Waals surface area contributed by atoms with Gasteiger partial charge in [0.25, 0.3) is 20.2 Å². The smallest absolute Gasteiger partial charge is 0.278 e. The summed E-state index contributed by atoms with van der Waals surface area (Å²) in [4.78, 5) is 24.0. The second-order valence-corrected chi connectivity index (χ2v) is 14.9. The lowest BCUT2D eigenvalue weighted by molar-refractivity contribution is -0.128. The van der Waals surface area contributed by atoms with E-state index in [1.54, 1.807) is 0 Å². The molecule has 0 radical (unpaired) electrons. The van der Waals surface area contributed by atoms with Crippen molar-refractivity contribution in [3.05, 3.63) is 0 Å². The second-order valence-electron chi connectivity index (χ2n) is 10.9. The minimum absolute atomic E-state index is 0.0720. The molecule has 0 saturated heterocycles. The van der Waals surface area contributed by atoms with Crippen molar-refractivity contribution in [1.82, 2.24) is 0 Å². The number of carbonyl (C=O) groups is 2. The summed E-state index contributed by atoms with van der Waals surface area (Å²) in [5.74, 6) is 0.313. The van der Waals surface area contributed by atoms with Crippen LogP contribution in [0.4, 0.5) is 0 Å². The van der Waals surface area contributed by atoms with Gasteiger partial charge in [-0.3, -0.25) is 9.59 Å². The van der Waals surface area contributed by atoms with Crippen LogP contribution in [0.25, 0.3) is 0 Å². The van der Waals surface area contributed by atoms with Gasteiger partial charge in [0.2, 0.25) is 0 Å². The molecule has 4 saturated carbocycles. The summed E-state index contributed by atoms with van der Waals surface area (Å²) >= 11 is 6.70. The topological polar surface area (TPSA) is 121 Å². The van der Waals surface area contributed by atoms with Crippen molar-refractivity contribution in [1.29, 1.82) is 0 Å². The first kappa shape index (κ1) is 26.5. The van der Waals surface area contributed by atoms with E-state index in [1.165, 1.54) is 0 Å². The van der Waals surface area contributed by atoms with Crippen LogP contribution in [-0.4, -0.2) is 39.9 Å². The summed E-state index contributed by atoms with van der Waals surface area (Å²) in [7, 11) is -7.41. The number of carbonyl (C=O) groups excluding carboxylic acids is 2. The van der Waals surface area contributed by atoms with Crippen molar-refractivity contribution >= 4 is 57.6 Å². The van der Waals surface area contributed by atoms with Crippen LogP contribution < -0.4 is 0 Å². The molecule has 4 aliphatic rings. The Hall–Kier alpha value is -0.140. The maximum Gasteiger partial charge on any atom is 0.278 e. The molecular formula is C20H32O8S4. The molecule has 8 nitrogen and oxygen atoms in total. The molecule has 0 aromatic rings. The van der Waals surface area contributed by atoms with E-state index in [0.29, 0.717) is 37.5 Å². The summed E-state index contributed by atoms with van der Waals surface area (Å²) in [5, 5.41) is 0. The molecule has 4 rings (SSSR count). The Morgan fingerprint density at radius 2 is 1.06 bits per heavy atom. The summed E-state index contributed by atoms with van der Waals surface area (Å²) in [6.45, 7) is 7.96. The second kappa shape index (κ2) is 8.22. The summed E-state index contributed by atoms with van der Waals surface area (Å²) < 4.78 is 54.5. The lowest BCUT2D eigenvalue weighted by Crippen LogP contribution is -2.42. The van der Waals surface area contributed by atoms with E-state index < -0.39 is 31.1 Å². The Labute approximate surface area is 202 Å². The van der Waals surface area contributed by atoms with E-state index in [1.807, 2.05) is 27.7 Å². The van der Waals surface area contributed by atoms with Gasteiger partial charge in [-0.15, -0.1) is 0 Å². The van der Waals surface area contributed by atoms with Gasteiger partial charge in [-0.25, -0.2) is 7.26 Å². The predicted molar refractivity (Wildman–Crippen MR) is 125 cm³/mol. The number of hydrogen-bond donors (Lipinski definition) is 2. The van der Waals surface area contributed by atoms with Crippen molar-refractivity contribution in [2.75, 3.05) is 11.5 Å². The summed E-state index contributed by atoms with van der Waals surface area (Å²) in [6.07, 6.45) is 4.19. The zero-order valence-electron chi connectivity index (χ0n) is 18.8. The molecule has 0 aromatic carbocycles. The van der Waals surface area contributed by atoms with E-state index in [-0.39, 0.29) is 33.9 Å². The first-order chi connectivity index (χ1) is 14.5. The third-order valence-corrected chi connectivity index (χ3v) is 12.9. The molecule has 4 fully saturated rings. The molecule has 0 aromatic heterocycles. The van der Waals surface area contributed by atoms with Gasteiger partial charge in [0, 0.05) is 12.8 Å². The van der Waals surface area contributed by atoms with Crippen LogP contribution in [0.2, 0.25) is 0 Å². The fourth-order valence-corrected chi connectivity index (χ4v) is 9.86. The van der Waals surface area contributed by atoms with Crippen LogP contribution in [0.15, 0.2) is 0 Å². The first-order valence-corrected chi connectivity index (χ1v) is 14.6. The number of Topliss-reactive ketones (excluding diaryl/α,β-unsaturated/α-hetero) is 2. The summed E-state index contributed by atoms with van der Waals surface area (Å²) in [6, 6.07) is 0. The van der Waals surface area contributed by atoms with E-state index in [9.17, 15) is 26.4 Å². The van der Waals surface area contributed by atoms with Crippen molar-refractivity contribution < 1.29 is 33.7 Å². The highest BCUT2D eigenvalue weighted by Gasteiger charge is 2.66.